The Kier molecular flexibility index (Phi) is 5.19. The molecule has 17 heavy (non-hydrogen) atoms. The van der Waals surface area contributed by atoms with E-state index in [1.54, 1.807) is 24.3 Å². The lowest BCUT2D eigenvalue weighted by molar-refractivity contribution is -0.674. The van der Waals surface area contributed by atoms with E-state index in [-0.39, 0.29) is 0 Å². The van der Waals surface area contributed by atoms with E-state index in [9.17, 15) is 18.0 Å². The Labute approximate surface area is 107 Å². The van der Waals surface area contributed by atoms with Crippen LogP contribution in [0.15, 0.2) is 24.3 Å². The second kappa shape index (κ2) is 6.20. The largest absolute Gasteiger partial charge is 0.474 e. The van der Waals surface area contributed by atoms with Gasteiger partial charge in [-0.1, -0.05) is 18.2 Å². The highest BCUT2D eigenvalue weighted by Crippen LogP contribution is 2.12. The van der Waals surface area contributed by atoms with Gasteiger partial charge in [-0.05, 0) is 6.07 Å². The first-order valence-electron chi connectivity index (χ1n) is 4.53. The zero-order chi connectivity index (χ0) is 12.9. The second-order valence-corrected chi connectivity index (χ2v) is 5.28. The van der Waals surface area contributed by atoms with Gasteiger partial charge in [-0.2, -0.15) is 13.2 Å². The summed E-state index contributed by atoms with van der Waals surface area (Å²) in [7, 11) is 1.50. The summed E-state index contributed by atoms with van der Waals surface area (Å²) in [5, 5.41) is 0. The van der Waals surface area contributed by atoms with Crippen LogP contribution in [-0.2, 0) is 16.1 Å². The number of rotatable bonds is 4. The van der Waals surface area contributed by atoms with Crippen LogP contribution in [0.5, 0.6) is 0 Å². The fourth-order valence-corrected chi connectivity index (χ4v) is 2.92. The zero-order valence-electron chi connectivity index (χ0n) is 8.84. The molecule has 0 aliphatic rings. The number of halogens is 4. The van der Waals surface area contributed by atoms with E-state index in [1.807, 2.05) is 3.53 Å². The van der Waals surface area contributed by atoms with E-state index in [1.165, 1.54) is 7.11 Å². The van der Waals surface area contributed by atoms with Gasteiger partial charge in [-0.15, -0.1) is 3.53 Å². The van der Waals surface area contributed by atoms with Crippen LogP contribution in [0.25, 0.3) is 0 Å². The molecule has 94 valence electrons. The number of amides is 1. The first-order valence-corrected chi connectivity index (χ1v) is 6.68. The highest BCUT2D eigenvalue weighted by Gasteiger charge is 2.42. The normalized spacial score (nSPS) is 11.3. The predicted octanol–water partition coefficient (Wildman–Crippen LogP) is -1.31. The molecular weight excluding hydrogens is 350 g/mol. The van der Waals surface area contributed by atoms with Crippen LogP contribution in [0.1, 0.15) is 5.56 Å². The molecular formula is C10H10F3INO2+. The SMILES string of the molecule is COCc1ccccc1[I+]NC(=O)C(F)(F)F. The lowest BCUT2D eigenvalue weighted by Gasteiger charge is -2.01. The maximum atomic E-state index is 12.0. The molecule has 1 amide bonds. The molecule has 0 saturated carbocycles. The molecule has 0 radical (unpaired) electrons. The molecule has 0 fully saturated rings. The average Bonchev–Trinajstić information content (AvgIpc) is 2.26. The summed E-state index contributed by atoms with van der Waals surface area (Å²) < 4.78 is 43.5. The fraction of sp³-hybridized carbons (Fsp3) is 0.300. The quantitative estimate of drug-likeness (QED) is 0.535. The molecule has 1 N–H and O–H groups in total. The molecule has 0 saturated heterocycles. The van der Waals surface area contributed by atoms with E-state index in [0.717, 1.165) is 5.56 Å². The third-order valence-electron chi connectivity index (χ3n) is 1.75. The van der Waals surface area contributed by atoms with E-state index in [2.05, 4.69) is 0 Å². The van der Waals surface area contributed by atoms with Crippen molar-refractivity contribution < 1.29 is 44.2 Å². The smallest absolute Gasteiger partial charge is 0.380 e. The minimum atomic E-state index is -4.82. The van der Waals surface area contributed by atoms with E-state index in [4.69, 9.17) is 4.74 Å². The van der Waals surface area contributed by atoms with Crippen LogP contribution in [0.2, 0.25) is 0 Å². The molecule has 0 aromatic heterocycles. The first kappa shape index (κ1) is 14.2. The summed E-state index contributed by atoms with van der Waals surface area (Å²) in [5.41, 5.74) is 0.797. The summed E-state index contributed by atoms with van der Waals surface area (Å²) >= 11 is -1.21. The molecule has 1 aromatic rings. The summed E-state index contributed by atoms with van der Waals surface area (Å²) in [6.45, 7) is 0.317. The molecule has 0 bridgehead atoms. The Balaban J connectivity index is 2.66. The number of carbonyl (C=O) groups is 1. The van der Waals surface area contributed by atoms with Crippen LogP contribution in [-0.4, -0.2) is 19.2 Å². The first-order chi connectivity index (χ1) is 7.95. The van der Waals surface area contributed by atoms with Crippen molar-refractivity contribution in [2.45, 2.75) is 12.8 Å². The molecule has 0 atom stereocenters. The Morgan fingerprint density at radius 3 is 2.65 bits per heavy atom. The van der Waals surface area contributed by atoms with Crippen molar-refractivity contribution >= 4 is 5.91 Å². The summed E-state index contributed by atoms with van der Waals surface area (Å²) in [5.74, 6) is -1.89. The average molecular weight is 360 g/mol. The minimum Gasteiger partial charge on any atom is -0.380 e. The minimum absolute atomic E-state index is 0.317. The van der Waals surface area contributed by atoms with Gasteiger partial charge in [0.1, 0.15) is 0 Å². The lowest BCUT2D eigenvalue weighted by atomic mass is 10.2. The van der Waals surface area contributed by atoms with Crippen molar-refractivity contribution in [3.8, 4) is 0 Å². The van der Waals surface area contributed by atoms with Crippen molar-refractivity contribution in [3.63, 3.8) is 0 Å². The number of methoxy groups -OCH3 is 1. The van der Waals surface area contributed by atoms with Gasteiger partial charge in [0, 0.05) is 12.7 Å². The number of hydrogen-bond acceptors (Lipinski definition) is 2. The second-order valence-electron chi connectivity index (χ2n) is 3.04. The third kappa shape index (κ3) is 4.50. The van der Waals surface area contributed by atoms with Gasteiger partial charge in [0.25, 0.3) is 0 Å². The highest BCUT2D eigenvalue weighted by molar-refractivity contribution is 5.80. The molecule has 0 spiro atoms. The zero-order valence-corrected chi connectivity index (χ0v) is 11.0. The number of benzene rings is 1. The van der Waals surface area contributed by atoms with Crippen LogP contribution < -0.4 is 25.0 Å². The fourth-order valence-electron chi connectivity index (χ4n) is 1.01. The van der Waals surface area contributed by atoms with Crippen molar-refractivity contribution in [1.29, 1.82) is 0 Å². The topological polar surface area (TPSA) is 38.3 Å². The molecule has 0 aliphatic heterocycles. The Hall–Kier alpha value is -0.830. The Bertz CT molecular complexity index is 395. The monoisotopic (exact) mass is 360 g/mol. The van der Waals surface area contributed by atoms with Gasteiger partial charge in [-0.25, -0.2) is 0 Å². The summed E-state index contributed by atoms with van der Waals surface area (Å²) in [6.07, 6.45) is -4.82. The molecule has 0 heterocycles. The number of ether oxygens (including phenoxy) is 1. The van der Waals surface area contributed by atoms with Gasteiger partial charge >= 0.3 is 33.6 Å². The number of carbonyl (C=O) groups excluding carboxylic acids is 1. The van der Waals surface area contributed by atoms with Crippen LogP contribution in [0.4, 0.5) is 13.2 Å². The van der Waals surface area contributed by atoms with Gasteiger partial charge < -0.3 is 4.74 Å². The Morgan fingerprint density at radius 2 is 2.06 bits per heavy atom. The molecule has 0 unspecified atom stereocenters. The predicted molar refractivity (Wildman–Crippen MR) is 50.0 cm³/mol. The van der Waals surface area contributed by atoms with Crippen molar-refractivity contribution in [1.82, 2.24) is 3.53 Å². The van der Waals surface area contributed by atoms with Crippen LogP contribution in [0, 0.1) is 3.57 Å². The molecule has 7 heteroatoms. The number of hydrogen-bond donors (Lipinski definition) is 1. The molecule has 1 aromatic carbocycles. The van der Waals surface area contributed by atoms with Crippen molar-refractivity contribution in [3.05, 3.63) is 33.4 Å². The van der Waals surface area contributed by atoms with Gasteiger partial charge in [-0.3, -0.25) is 4.79 Å². The third-order valence-corrected chi connectivity index (χ3v) is 4.14. The van der Waals surface area contributed by atoms with Crippen LogP contribution >= 0.6 is 0 Å². The van der Waals surface area contributed by atoms with Crippen molar-refractivity contribution in [2.24, 2.45) is 0 Å². The maximum absolute atomic E-state index is 12.0. The summed E-state index contributed by atoms with van der Waals surface area (Å²) in [6, 6.07) is 6.94. The molecule has 1 rings (SSSR count). The van der Waals surface area contributed by atoms with E-state index < -0.39 is 33.6 Å². The van der Waals surface area contributed by atoms with Gasteiger partial charge in [0.15, 0.2) is 0 Å². The summed E-state index contributed by atoms with van der Waals surface area (Å²) in [4.78, 5) is 10.7. The van der Waals surface area contributed by atoms with E-state index in [0.29, 0.717) is 10.2 Å². The number of alkyl halides is 3. The lowest BCUT2D eigenvalue weighted by Crippen LogP contribution is -3.68. The molecule has 3 nitrogen and oxygen atoms in total. The maximum Gasteiger partial charge on any atom is 0.474 e. The van der Waals surface area contributed by atoms with Crippen LogP contribution in [0.3, 0.4) is 0 Å². The van der Waals surface area contributed by atoms with Gasteiger partial charge in [0.2, 0.25) is 3.57 Å². The standard InChI is InChI=1S/C10H9F3INO2/c1-17-6-7-4-2-3-5-8(7)14-15-9(16)10(11,12)13/h2-5H,6H2,1H3/p+1. The molecule has 0 aliphatic carbocycles. The van der Waals surface area contributed by atoms with Crippen molar-refractivity contribution in [2.75, 3.05) is 7.11 Å². The van der Waals surface area contributed by atoms with Gasteiger partial charge in [0.05, 0.1) is 6.61 Å². The Morgan fingerprint density at radius 1 is 1.41 bits per heavy atom. The van der Waals surface area contributed by atoms with E-state index >= 15 is 0 Å². The highest BCUT2D eigenvalue weighted by atomic mass is 127. The number of nitrogens with one attached hydrogen (secondary N) is 1.